The third-order valence-corrected chi connectivity index (χ3v) is 6.26. The molecule has 2 aromatic heterocycles. The van der Waals surface area contributed by atoms with Gasteiger partial charge in [-0.2, -0.15) is 0 Å². The number of benzene rings is 1. The number of pyridine rings is 1. The summed E-state index contributed by atoms with van der Waals surface area (Å²) < 4.78 is 7.70. The van der Waals surface area contributed by atoms with Gasteiger partial charge in [0.25, 0.3) is 0 Å². The molecule has 1 aromatic carbocycles. The molecule has 1 fully saturated rings. The first-order valence-corrected chi connectivity index (χ1v) is 10.4. The van der Waals surface area contributed by atoms with Crippen molar-refractivity contribution in [2.24, 2.45) is 0 Å². The van der Waals surface area contributed by atoms with Gasteiger partial charge in [-0.25, -0.2) is 9.97 Å². The zero-order valence-corrected chi connectivity index (χ0v) is 17.6. The molecule has 2 aliphatic heterocycles. The van der Waals surface area contributed by atoms with Gasteiger partial charge in [-0.15, -0.1) is 0 Å². The predicted molar refractivity (Wildman–Crippen MR) is 115 cm³/mol. The van der Waals surface area contributed by atoms with Crippen LogP contribution < -0.4 is 4.90 Å². The summed E-state index contributed by atoms with van der Waals surface area (Å²) in [5, 5.41) is 0. The molecule has 4 heterocycles. The molecular weight excluding hydrogens is 382 g/mol. The van der Waals surface area contributed by atoms with Gasteiger partial charge in [-0.3, -0.25) is 9.29 Å². The fraction of sp³-hybridized carbons (Fsp3) is 0.318. The molecule has 7 heteroatoms. The van der Waals surface area contributed by atoms with Crippen molar-refractivity contribution in [2.45, 2.75) is 17.2 Å². The first-order valence-electron chi connectivity index (χ1n) is 9.64. The van der Waals surface area contributed by atoms with Gasteiger partial charge in [0.2, 0.25) is 5.95 Å². The smallest absolute Gasteiger partial charge is 0.229 e. The third-order valence-electron chi connectivity index (χ3n) is 5.43. The van der Waals surface area contributed by atoms with Crippen LogP contribution in [-0.4, -0.2) is 53.1 Å². The molecule has 0 atom stereocenters. The van der Waals surface area contributed by atoms with Crippen molar-refractivity contribution in [3.8, 4) is 11.3 Å². The number of fused-ring (bicyclic) bond motifs is 2. The molecule has 148 valence electrons. The van der Waals surface area contributed by atoms with Crippen LogP contribution in [0.5, 0.6) is 0 Å². The number of aryl methyl sites for hydroxylation is 1. The van der Waals surface area contributed by atoms with Crippen LogP contribution in [0.4, 0.5) is 11.6 Å². The summed E-state index contributed by atoms with van der Waals surface area (Å²) in [6.07, 6.45) is 5.55. The lowest BCUT2D eigenvalue weighted by atomic mass is 9.81. The Morgan fingerprint density at radius 2 is 1.86 bits per heavy atom. The summed E-state index contributed by atoms with van der Waals surface area (Å²) in [4.78, 5) is 17.3. The highest BCUT2D eigenvalue weighted by molar-refractivity contribution is 7.97. The second kappa shape index (κ2) is 7.09. The number of nitrogens with zero attached hydrogens (tertiary/aromatic N) is 5. The number of aromatic nitrogens is 3. The molecule has 1 saturated heterocycles. The van der Waals surface area contributed by atoms with Crippen LogP contribution >= 0.6 is 11.9 Å². The first kappa shape index (κ1) is 18.5. The average Bonchev–Trinajstić information content (AvgIpc) is 3.03. The third kappa shape index (κ3) is 3.29. The zero-order valence-electron chi connectivity index (χ0n) is 16.8. The number of anilines is 2. The molecule has 0 saturated carbocycles. The van der Waals surface area contributed by atoms with Gasteiger partial charge >= 0.3 is 0 Å². The Morgan fingerprint density at radius 1 is 1.07 bits per heavy atom. The molecule has 0 N–H and O–H groups in total. The van der Waals surface area contributed by atoms with Crippen LogP contribution in [0.3, 0.4) is 0 Å². The molecule has 29 heavy (non-hydrogen) atoms. The minimum atomic E-state index is 0.0524. The number of rotatable bonds is 4. The van der Waals surface area contributed by atoms with Crippen LogP contribution in [-0.2, 0) is 10.2 Å². The van der Waals surface area contributed by atoms with Gasteiger partial charge in [-0.05, 0) is 68.4 Å². The molecule has 6 nitrogen and oxygen atoms in total. The molecule has 0 amide bonds. The van der Waals surface area contributed by atoms with E-state index in [0.29, 0.717) is 0 Å². The highest BCUT2D eigenvalue weighted by Crippen LogP contribution is 2.48. The van der Waals surface area contributed by atoms with E-state index in [4.69, 9.17) is 14.7 Å². The highest BCUT2D eigenvalue weighted by atomic mass is 32.2. The molecule has 0 aliphatic carbocycles. The van der Waals surface area contributed by atoms with E-state index in [9.17, 15) is 0 Å². The Balaban J connectivity index is 1.50. The van der Waals surface area contributed by atoms with E-state index >= 15 is 0 Å². The number of ether oxygens (including phenoxy) is 1. The molecule has 1 spiro atoms. The van der Waals surface area contributed by atoms with Gasteiger partial charge in [0.05, 0.1) is 24.3 Å². The summed E-state index contributed by atoms with van der Waals surface area (Å²) >= 11 is 1.71. The lowest BCUT2D eigenvalue weighted by Crippen LogP contribution is -2.49. The van der Waals surface area contributed by atoms with Crippen LogP contribution in [0, 0.1) is 6.92 Å². The van der Waals surface area contributed by atoms with Crippen molar-refractivity contribution in [1.82, 2.24) is 19.3 Å². The molecular formula is C22H23N5OS. The Hall–Kier alpha value is -2.48. The summed E-state index contributed by atoms with van der Waals surface area (Å²) in [5.41, 5.74) is 5.56. The maximum absolute atomic E-state index is 5.59. The van der Waals surface area contributed by atoms with Crippen LogP contribution in [0.15, 0.2) is 53.8 Å². The lowest BCUT2D eigenvalue weighted by molar-refractivity contribution is -0.0507. The second-order valence-electron chi connectivity index (χ2n) is 7.93. The minimum Gasteiger partial charge on any atom is -0.379 e. The van der Waals surface area contributed by atoms with Crippen molar-refractivity contribution in [2.75, 3.05) is 38.8 Å². The van der Waals surface area contributed by atoms with E-state index in [-0.39, 0.29) is 5.41 Å². The Bertz CT molecular complexity index is 1050. The predicted octanol–water partition coefficient (Wildman–Crippen LogP) is 3.84. The van der Waals surface area contributed by atoms with Gasteiger partial charge < -0.3 is 9.64 Å². The summed E-state index contributed by atoms with van der Waals surface area (Å²) in [6.45, 7) is 4.41. The molecule has 3 aromatic rings. The molecule has 0 unspecified atom stereocenters. The summed E-state index contributed by atoms with van der Waals surface area (Å²) in [6, 6.07) is 10.7. The normalized spacial score (nSPS) is 16.9. The van der Waals surface area contributed by atoms with Crippen LogP contribution in [0.25, 0.3) is 11.3 Å². The average molecular weight is 406 g/mol. The fourth-order valence-corrected chi connectivity index (χ4v) is 4.70. The second-order valence-corrected chi connectivity index (χ2v) is 9.32. The van der Waals surface area contributed by atoms with Crippen LogP contribution in [0.2, 0.25) is 0 Å². The quantitative estimate of drug-likeness (QED) is 0.611. The first-order chi connectivity index (χ1) is 14.0. The van der Waals surface area contributed by atoms with Crippen molar-refractivity contribution in [3.05, 3.63) is 60.0 Å². The van der Waals surface area contributed by atoms with E-state index in [1.165, 1.54) is 21.7 Å². The monoisotopic (exact) mass is 405 g/mol. The Kier molecular flexibility index (Phi) is 4.53. The highest BCUT2D eigenvalue weighted by Gasteiger charge is 2.49. The Morgan fingerprint density at radius 3 is 2.52 bits per heavy atom. The number of hydrogen-bond acceptors (Lipinski definition) is 7. The van der Waals surface area contributed by atoms with E-state index in [2.05, 4.69) is 59.5 Å². The molecule has 0 radical (unpaired) electrons. The van der Waals surface area contributed by atoms with E-state index in [1.807, 2.05) is 24.7 Å². The summed E-state index contributed by atoms with van der Waals surface area (Å²) in [7, 11) is 4.11. The van der Waals surface area contributed by atoms with Gasteiger partial charge in [0, 0.05) is 41.3 Å². The van der Waals surface area contributed by atoms with E-state index in [1.54, 1.807) is 11.9 Å². The molecule has 0 bridgehead atoms. The molecule has 5 rings (SSSR count). The SMILES string of the molecule is Cc1ccnc(-c2cnc(N3CC4(COC4)c4ccc(SN(C)C)cc43)nc2)c1. The largest absolute Gasteiger partial charge is 0.379 e. The fourth-order valence-electron chi connectivity index (χ4n) is 3.98. The standard InChI is InChI=1S/C22H23N5OS/c1-15-6-7-23-19(8-15)16-10-24-21(25-11-16)27-12-22(13-28-14-22)18-5-4-17(9-20(18)27)29-26(2)3/h4-11H,12-14H2,1-3H3. The number of hydrogen-bond donors (Lipinski definition) is 0. The van der Waals surface area contributed by atoms with Gasteiger partial charge in [0.15, 0.2) is 0 Å². The molecule has 2 aliphatic rings. The van der Waals surface area contributed by atoms with Crippen molar-refractivity contribution >= 4 is 23.6 Å². The maximum Gasteiger partial charge on any atom is 0.229 e. The van der Waals surface area contributed by atoms with Crippen molar-refractivity contribution in [1.29, 1.82) is 0 Å². The maximum atomic E-state index is 5.59. The van der Waals surface area contributed by atoms with Crippen LogP contribution in [0.1, 0.15) is 11.1 Å². The van der Waals surface area contributed by atoms with Crippen molar-refractivity contribution in [3.63, 3.8) is 0 Å². The Labute approximate surface area is 175 Å². The van der Waals surface area contributed by atoms with Gasteiger partial charge in [-0.1, -0.05) is 6.07 Å². The van der Waals surface area contributed by atoms with Gasteiger partial charge in [0.1, 0.15) is 0 Å². The minimum absolute atomic E-state index is 0.0524. The van der Waals surface area contributed by atoms with E-state index in [0.717, 1.165) is 37.0 Å². The zero-order chi connectivity index (χ0) is 20.0. The van der Waals surface area contributed by atoms with E-state index < -0.39 is 0 Å². The van der Waals surface area contributed by atoms with Crippen molar-refractivity contribution < 1.29 is 4.74 Å². The summed E-state index contributed by atoms with van der Waals surface area (Å²) in [5.74, 6) is 0.721. The lowest BCUT2D eigenvalue weighted by Gasteiger charge is -2.38. The topological polar surface area (TPSA) is 54.4 Å².